The minimum absolute atomic E-state index is 0.0759. The predicted octanol–water partition coefficient (Wildman–Crippen LogP) is 4.29. The van der Waals surface area contributed by atoms with E-state index in [4.69, 9.17) is 4.43 Å². The average Bonchev–Trinajstić information content (AvgIpc) is 2.26. The Kier molecular flexibility index (Phi) is 4.60. The topological polar surface area (TPSA) is 26.3 Å². The Morgan fingerprint density at radius 3 is 1.89 bits per heavy atom. The van der Waals surface area contributed by atoms with Crippen molar-refractivity contribution >= 4 is 21.2 Å². The van der Waals surface area contributed by atoms with Crippen molar-refractivity contribution in [3.8, 4) is 0 Å². The molecule has 0 unspecified atom stereocenters. The van der Waals surface area contributed by atoms with Gasteiger partial charge in [0.2, 0.25) is 0 Å². The van der Waals surface area contributed by atoms with E-state index in [1.54, 1.807) is 0 Å². The highest BCUT2D eigenvalue weighted by Crippen LogP contribution is 2.28. The van der Waals surface area contributed by atoms with Crippen molar-refractivity contribution in [2.45, 2.75) is 52.2 Å². The second-order valence-corrected chi connectivity index (χ2v) is 22.9. The molecule has 0 saturated heterocycles. The molecule has 0 amide bonds. The van der Waals surface area contributed by atoms with Gasteiger partial charge < -0.3 is 4.43 Å². The van der Waals surface area contributed by atoms with E-state index in [9.17, 15) is 4.79 Å². The van der Waals surface area contributed by atoms with Gasteiger partial charge in [0.05, 0.1) is 7.59 Å². The minimum atomic E-state index is -1.82. The van der Waals surface area contributed by atoms with E-state index in [0.29, 0.717) is 0 Å². The summed E-state index contributed by atoms with van der Waals surface area (Å²) in [7, 11) is -3.19. The van der Waals surface area contributed by atoms with Crippen molar-refractivity contribution in [1.82, 2.24) is 0 Å². The fraction of sp³-hybridized carbons (Fsp3) is 0.533. The number of carbonyl (C=O) groups excluding carboxylic acids is 1. The number of benzene rings is 1. The molecular weight excluding hydrogens is 268 g/mol. The summed E-state index contributed by atoms with van der Waals surface area (Å²) in [6, 6.07) is 9.42. The van der Waals surface area contributed by atoms with Crippen LogP contribution in [-0.2, 0) is 4.43 Å². The maximum absolute atomic E-state index is 12.6. The van der Waals surface area contributed by atoms with E-state index in [-0.39, 0.29) is 5.78 Å². The van der Waals surface area contributed by atoms with Crippen LogP contribution in [0.4, 0.5) is 0 Å². The van der Waals surface area contributed by atoms with Crippen LogP contribution in [0.2, 0.25) is 32.7 Å². The first-order valence-corrected chi connectivity index (χ1v) is 14.2. The van der Waals surface area contributed by atoms with Crippen LogP contribution in [-0.4, -0.2) is 26.8 Å². The van der Waals surface area contributed by atoms with Crippen molar-refractivity contribution in [2.24, 2.45) is 0 Å². The van der Waals surface area contributed by atoms with Gasteiger partial charge in [0.1, 0.15) is 5.60 Å². The smallest absolute Gasteiger partial charge is 0.192 e. The molecule has 2 nitrogen and oxygen atoms in total. The van der Waals surface area contributed by atoms with E-state index in [2.05, 4.69) is 32.7 Å². The quantitative estimate of drug-likeness (QED) is 0.598. The van der Waals surface area contributed by atoms with E-state index < -0.39 is 21.0 Å². The Labute approximate surface area is 119 Å². The highest BCUT2D eigenvalue weighted by atomic mass is 29.3. The predicted molar refractivity (Wildman–Crippen MR) is 86.8 cm³/mol. The number of Topliss-reactive ketones (excluding diaryl/α,β-unsaturated/α-hetero) is 1. The summed E-state index contributed by atoms with van der Waals surface area (Å²) in [6.07, 6.45) is 0. The van der Waals surface area contributed by atoms with Crippen LogP contribution in [0.1, 0.15) is 24.2 Å². The second kappa shape index (κ2) is 5.34. The SMILES string of the molecule is CC(C)(O[Si](C)(C)[Si](C)(C)C)C(=O)c1ccccc1. The molecule has 1 aromatic rings. The number of ketones is 1. The summed E-state index contributed by atoms with van der Waals surface area (Å²) in [4.78, 5) is 12.6. The first-order chi connectivity index (χ1) is 8.47. The Morgan fingerprint density at radius 2 is 1.47 bits per heavy atom. The summed E-state index contributed by atoms with van der Waals surface area (Å²) in [5.74, 6) is 0.0759. The maximum atomic E-state index is 12.6. The van der Waals surface area contributed by atoms with Gasteiger partial charge in [-0.05, 0) is 26.9 Å². The summed E-state index contributed by atoms with van der Waals surface area (Å²) >= 11 is 0. The Hall–Kier alpha value is -0.716. The highest BCUT2D eigenvalue weighted by molar-refractivity contribution is 7.37. The van der Waals surface area contributed by atoms with Crippen LogP contribution >= 0.6 is 0 Å². The molecule has 1 rings (SSSR count). The largest absolute Gasteiger partial charge is 0.408 e. The lowest BCUT2D eigenvalue weighted by atomic mass is 9.97. The molecule has 0 spiro atoms. The monoisotopic (exact) mass is 294 g/mol. The average molecular weight is 295 g/mol. The first-order valence-electron chi connectivity index (χ1n) is 6.77. The van der Waals surface area contributed by atoms with Gasteiger partial charge in [0, 0.05) is 5.56 Å². The van der Waals surface area contributed by atoms with Crippen LogP contribution in [0.15, 0.2) is 30.3 Å². The fourth-order valence-corrected chi connectivity index (χ4v) is 5.13. The lowest BCUT2D eigenvalue weighted by Crippen LogP contribution is -2.59. The molecule has 0 atom stereocenters. The number of rotatable bonds is 5. The van der Waals surface area contributed by atoms with Crippen molar-refractivity contribution in [2.75, 3.05) is 0 Å². The molecule has 0 N–H and O–H groups in total. The third-order valence-corrected chi connectivity index (χ3v) is 19.7. The van der Waals surface area contributed by atoms with Crippen LogP contribution in [0.3, 0.4) is 0 Å². The van der Waals surface area contributed by atoms with E-state index in [0.717, 1.165) is 5.56 Å². The van der Waals surface area contributed by atoms with Gasteiger partial charge in [-0.2, -0.15) is 0 Å². The molecule has 0 saturated carbocycles. The van der Waals surface area contributed by atoms with Gasteiger partial charge in [0.15, 0.2) is 13.6 Å². The molecule has 0 aliphatic heterocycles. The van der Waals surface area contributed by atoms with Gasteiger partial charge in [-0.1, -0.05) is 50.0 Å². The van der Waals surface area contributed by atoms with Crippen LogP contribution < -0.4 is 0 Å². The van der Waals surface area contributed by atoms with E-state index in [1.807, 2.05) is 44.2 Å². The van der Waals surface area contributed by atoms with Crippen molar-refractivity contribution in [3.05, 3.63) is 35.9 Å². The number of hydrogen-bond donors (Lipinski definition) is 0. The number of carbonyl (C=O) groups is 1. The van der Waals surface area contributed by atoms with Crippen LogP contribution in [0.5, 0.6) is 0 Å². The lowest BCUT2D eigenvalue weighted by Gasteiger charge is -2.41. The molecule has 106 valence electrons. The standard InChI is InChI=1S/C15H26O2Si2/c1-15(2,17-19(6,7)18(3,4)5)14(16)13-11-9-8-10-12-13/h8-12H,1-7H3. The molecule has 0 aromatic heterocycles. The zero-order valence-electron chi connectivity index (χ0n) is 13.2. The second-order valence-electron chi connectivity index (χ2n) is 7.07. The Balaban J connectivity index is 2.97. The maximum Gasteiger partial charge on any atom is 0.192 e. The normalized spacial score (nSPS) is 13.4. The van der Waals surface area contributed by atoms with Crippen molar-refractivity contribution in [3.63, 3.8) is 0 Å². The molecule has 0 aliphatic rings. The van der Waals surface area contributed by atoms with Gasteiger partial charge >= 0.3 is 0 Å². The third kappa shape index (κ3) is 3.87. The zero-order chi connectivity index (χ0) is 14.9. The fourth-order valence-electron chi connectivity index (χ4n) is 1.77. The van der Waals surface area contributed by atoms with Crippen LogP contribution in [0, 0.1) is 0 Å². The van der Waals surface area contributed by atoms with Crippen LogP contribution in [0.25, 0.3) is 0 Å². The minimum Gasteiger partial charge on any atom is -0.408 e. The number of hydrogen-bond acceptors (Lipinski definition) is 2. The molecule has 0 radical (unpaired) electrons. The highest BCUT2D eigenvalue weighted by Gasteiger charge is 2.45. The van der Waals surface area contributed by atoms with Gasteiger partial charge in [0.25, 0.3) is 0 Å². The van der Waals surface area contributed by atoms with Crippen molar-refractivity contribution in [1.29, 1.82) is 0 Å². The van der Waals surface area contributed by atoms with Crippen molar-refractivity contribution < 1.29 is 9.22 Å². The zero-order valence-corrected chi connectivity index (χ0v) is 15.2. The lowest BCUT2D eigenvalue weighted by molar-refractivity contribution is 0.0568. The molecule has 0 fully saturated rings. The summed E-state index contributed by atoms with van der Waals surface area (Å²) in [5, 5.41) is 0. The van der Waals surface area contributed by atoms with E-state index >= 15 is 0 Å². The van der Waals surface area contributed by atoms with Gasteiger partial charge in [-0.3, -0.25) is 4.79 Å². The molecule has 4 heteroatoms. The van der Waals surface area contributed by atoms with E-state index in [1.165, 1.54) is 0 Å². The van der Waals surface area contributed by atoms with Gasteiger partial charge in [-0.15, -0.1) is 0 Å². The third-order valence-electron chi connectivity index (χ3n) is 3.90. The summed E-state index contributed by atoms with van der Waals surface area (Å²) in [6.45, 7) is 15.2. The Bertz CT molecular complexity index is 445. The molecule has 19 heavy (non-hydrogen) atoms. The summed E-state index contributed by atoms with van der Waals surface area (Å²) < 4.78 is 6.36. The Morgan fingerprint density at radius 1 is 1.00 bits per heavy atom. The van der Waals surface area contributed by atoms with Gasteiger partial charge in [-0.25, -0.2) is 0 Å². The molecule has 1 aromatic carbocycles. The molecule has 0 heterocycles. The molecule has 0 bridgehead atoms. The summed E-state index contributed by atoms with van der Waals surface area (Å²) in [5.41, 5.74) is -0.00922. The molecular formula is C15H26O2Si2. The molecule has 0 aliphatic carbocycles. The first kappa shape index (κ1) is 16.3.